The van der Waals surface area contributed by atoms with Gasteiger partial charge >= 0.3 is 0 Å². The van der Waals surface area contributed by atoms with Crippen LogP contribution in [-0.4, -0.2) is 10.9 Å². The van der Waals surface area contributed by atoms with Gasteiger partial charge in [0, 0.05) is 5.56 Å². The largest absolute Gasteiger partial charge is 0.508 e. The van der Waals surface area contributed by atoms with E-state index in [4.69, 9.17) is 0 Å². The lowest BCUT2D eigenvalue weighted by atomic mass is 10.0. The van der Waals surface area contributed by atoms with Crippen molar-refractivity contribution in [1.29, 1.82) is 0 Å². The molecule has 0 atom stereocenters. The summed E-state index contributed by atoms with van der Waals surface area (Å²) in [6.07, 6.45) is 3.39. The molecule has 2 rings (SSSR count). The van der Waals surface area contributed by atoms with Crippen LogP contribution in [0.2, 0.25) is 0 Å². The highest BCUT2D eigenvalue weighted by Gasteiger charge is 2.02. The average Bonchev–Trinajstić information content (AvgIpc) is 2.40. The molecule has 0 bridgehead atoms. The lowest BCUT2D eigenvalue weighted by Crippen LogP contribution is -1.93. The highest BCUT2D eigenvalue weighted by atomic mass is 16.3. The third-order valence-electron chi connectivity index (χ3n) is 3.00. The molecule has 0 spiro atoms. The van der Waals surface area contributed by atoms with Crippen molar-refractivity contribution in [2.45, 2.75) is 13.8 Å². The smallest absolute Gasteiger partial charge is 0.185 e. The van der Waals surface area contributed by atoms with Crippen molar-refractivity contribution >= 4 is 11.9 Å². The topological polar surface area (TPSA) is 37.3 Å². The first-order valence-electron chi connectivity index (χ1n) is 6.15. The van der Waals surface area contributed by atoms with Crippen molar-refractivity contribution in [2.75, 3.05) is 0 Å². The van der Waals surface area contributed by atoms with Gasteiger partial charge in [-0.1, -0.05) is 29.8 Å². The van der Waals surface area contributed by atoms with Crippen LogP contribution < -0.4 is 0 Å². The zero-order valence-corrected chi connectivity index (χ0v) is 11.1. The number of phenolic OH excluding ortho intramolecular Hbond substituents is 1. The van der Waals surface area contributed by atoms with E-state index in [0.717, 1.165) is 11.1 Å². The molecule has 0 fully saturated rings. The van der Waals surface area contributed by atoms with Crippen molar-refractivity contribution in [3.8, 4) is 5.75 Å². The van der Waals surface area contributed by atoms with Gasteiger partial charge in [-0.15, -0.1) is 0 Å². The van der Waals surface area contributed by atoms with E-state index in [1.807, 2.05) is 26.0 Å². The SMILES string of the molecule is Cc1ccc(C)c(C=CC(=O)c2ccc(O)cc2)c1. The molecule has 19 heavy (non-hydrogen) atoms. The second-order valence-electron chi connectivity index (χ2n) is 4.60. The molecule has 2 aromatic rings. The van der Waals surface area contributed by atoms with E-state index in [0.29, 0.717) is 5.56 Å². The average molecular weight is 252 g/mol. The molecule has 0 aliphatic rings. The Hall–Kier alpha value is -2.35. The third kappa shape index (κ3) is 3.32. The van der Waals surface area contributed by atoms with Gasteiger partial charge in [-0.05, 0) is 55.3 Å². The maximum absolute atomic E-state index is 12.0. The molecule has 96 valence electrons. The molecule has 0 saturated carbocycles. The Balaban J connectivity index is 2.20. The summed E-state index contributed by atoms with van der Waals surface area (Å²) in [6, 6.07) is 12.4. The number of aromatic hydroxyl groups is 1. The van der Waals surface area contributed by atoms with Gasteiger partial charge in [0.05, 0.1) is 0 Å². The second kappa shape index (κ2) is 5.53. The molecule has 0 unspecified atom stereocenters. The molecule has 0 amide bonds. The lowest BCUT2D eigenvalue weighted by molar-refractivity contribution is 0.104. The summed E-state index contributed by atoms with van der Waals surface area (Å²) >= 11 is 0. The first kappa shape index (κ1) is 13.1. The standard InChI is InChI=1S/C17H16O2/c1-12-3-4-13(2)15(11-12)7-10-17(19)14-5-8-16(18)9-6-14/h3-11,18H,1-2H3. The first-order valence-corrected chi connectivity index (χ1v) is 6.15. The Morgan fingerprint density at radius 2 is 1.74 bits per heavy atom. The monoisotopic (exact) mass is 252 g/mol. The van der Waals surface area contributed by atoms with E-state index in [9.17, 15) is 9.90 Å². The van der Waals surface area contributed by atoms with Crippen LogP contribution >= 0.6 is 0 Å². The van der Waals surface area contributed by atoms with Crippen LogP contribution in [0.4, 0.5) is 0 Å². The van der Waals surface area contributed by atoms with E-state index in [2.05, 4.69) is 12.1 Å². The van der Waals surface area contributed by atoms with Crippen molar-refractivity contribution in [2.24, 2.45) is 0 Å². The van der Waals surface area contributed by atoms with Crippen LogP contribution in [0.1, 0.15) is 27.0 Å². The predicted molar refractivity (Wildman–Crippen MR) is 77.4 cm³/mol. The zero-order valence-electron chi connectivity index (χ0n) is 11.1. The summed E-state index contributed by atoms with van der Waals surface area (Å²) in [5.41, 5.74) is 3.93. The Morgan fingerprint density at radius 3 is 2.42 bits per heavy atom. The van der Waals surface area contributed by atoms with E-state index < -0.39 is 0 Å². The molecule has 2 aromatic carbocycles. The van der Waals surface area contributed by atoms with Crippen LogP contribution in [0.5, 0.6) is 5.75 Å². The van der Waals surface area contributed by atoms with E-state index in [1.54, 1.807) is 18.2 Å². The molecular weight excluding hydrogens is 236 g/mol. The maximum atomic E-state index is 12.0. The normalized spacial score (nSPS) is 10.8. The van der Waals surface area contributed by atoms with Crippen LogP contribution in [-0.2, 0) is 0 Å². The lowest BCUT2D eigenvalue weighted by Gasteiger charge is -2.01. The fraction of sp³-hybridized carbons (Fsp3) is 0.118. The summed E-state index contributed by atoms with van der Waals surface area (Å²) in [7, 11) is 0. The van der Waals surface area contributed by atoms with Gasteiger partial charge in [0.25, 0.3) is 0 Å². The number of aryl methyl sites for hydroxylation is 2. The quantitative estimate of drug-likeness (QED) is 0.664. The second-order valence-corrected chi connectivity index (χ2v) is 4.60. The molecule has 0 radical (unpaired) electrons. The summed E-state index contributed by atoms with van der Waals surface area (Å²) in [4.78, 5) is 12.0. The number of hydrogen-bond acceptors (Lipinski definition) is 2. The van der Waals surface area contributed by atoms with Gasteiger partial charge in [-0.25, -0.2) is 0 Å². The van der Waals surface area contributed by atoms with Gasteiger partial charge in [0.2, 0.25) is 0 Å². The molecule has 0 aromatic heterocycles. The first-order chi connectivity index (χ1) is 9.06. The van der Waals surface area contributed by atoms with Crippen LogP contribution in [0, 0.1) is 13.8 Å². The van der Waals surface area contributed by atoms with Crippen molar-refractivity contribution < 1.29 is 9.90 Å². The van der Waals surface area contributed by atoms with Crippen LogP contribution in [0.15, 0.2) is 48.5 Å². The highest BCUT2D eigenvalue weighted by molar-refractivity contribution is 6.06. The fourth-order valence-corrected chi connectivity index (χ4v) is 1.83. The molecule has 1 N–H and O–H groups in total. The number of carbonyl (C=O) groups is 1. The molecule has 0 heterocycles. The summed E-state index contributed by atoms with van der Waals surface area (Å²) in [5, 5.41) is 9.18. The molecule has 0 aliphatic heterocycles. The van der Waals surface area contributed by atoms with Gasteiger partial charge < -0.3 is 5.11 Å². The summed E-state index contributed by atoms with van der Waals surface area (Å²) in [6.45, 7) is 4.04. The molecule has 0 saturated heterocycles. The maximum Gasteiger partial charge on any atom is 0.185 e. The van der Waals surface area contributed by atoms with Crippen molar-refractivity contribution in [1.82, 2.24) is 0 Å². The van der Waals surface area contributed by atoms with Gasteiger partial charge in [-0.3, -0.25) is 4.79 Å². The van der Waals surface area contributed by atoms with Gasteiger partial charge in [0.1, 0.15) is 5.75 Å². The Bertz CT molecular complexity index is 622. The molecule has 2 heteroatoms. The molecular formula is C17H16O2. The number of hydrogen-bond donors (Lipinski definition) is 1. The number of rotatable bonds is 3. The highest BCUT2D eigenvalue weighted by Crippen LogP contribution is 2.14. The van der Waals surface area contributed by atoms with Crippen LogP contribution in [0.25, 0.3) is 6.08 Å². The predicted octanol–water partition coefficient (Wildman–Crippen LogP) is 3.91. The number of carbonyl (C=O) groups excluding carboxylic acids is 1. The number of ketones is 1. The Labute approximate surface area is 113 Å². The van der Waals surface area contributed by atoms with Crippen molar-refractivity contribution in [3.05, 3.63) is 70.8 Å². The number of phenols is 1. The molecule has 0 aliphatic carbocycles. The van der Waals surface area contributed by atoms with Crippen molar-refractivity contribution in [3.63, 3.8) is 0 Å². The number of benzene rings is 2. The Kier molecular flexibility index (Phi) is 3.81. The van der Waals surface area contributed by atoms with E-state index in [-0.39, 0.29) is 11.5 Å². The van der Waals surface area contributed by atoms with Gasteiger partial charge in [-0.2, -0.15) is 0 Å². The van der Waals surface area contributed by atoms with E-state index in [1.165, 1.54) is 17.7 Å². The zero-order chi connectivity index (χ0) is 13.8. The van der Waals surface area contributed by atoms with Gasteiger partial charge in [0.15, 0.2) is 5.78 Å². The summed E-state index contributed by atoms with van der Waals surface area (Å²) < 4.78 is 0. The van der Waals surface area contributed by atoms with E-state index >= 15 is 0 Å². The third-order valence-corrected chi connectivity index (χ3v) is 3.00. The minimum absolute atomic E-state index is 0.0686. The Morgan fingerprint density at radius 1 is 1.05 bits per heavy atom. The minimum Gasteiger partial charge on any atom is -0.508 e. The number of allylic oxidation sites excluding steroid dienone is 1. The molecule has 2 nitrogen and oxygen atoms in total. The minimum atomic E-state index is -0.0686. The van der Waals surface area contributed by atoms with Crippen LogP contribution in [0.3, 0.4) is 0 Å². The fourth-order valence-electron chi connectivity index (χ4n) is 1.83. The summed E-state index contributed by atoms with van der Waals surface area (Å²) in [5.74, 6) is 0.0935.